The fourth-order valence-electron chi connectivity index (χ4n) is 4.08. The Kier molecular flexibility index (Phi) is 12.5. The monoisotopic (exact) mass is 461 g/mol. The fraction of sp³-hybridized carbons (Fsp3) is 0.483. The van der Waals surface area contributed by atoms with Crippen LogP contribution >= 0.6 is 0 Å². The van der Waals surface area contributed by atoms with Gasteiger partial charge in [0, 0.05) is 24.8 Å². The molecule has 5 nitrogen and oxygen atoms in total. The highest BCUT2D eigenvalue weighted by Crippen LogP contribution is 2.22. The van der Waals surface area contributed by atoms with Crippen molar-refractivity contribution in [2.75, 3.05) is 18.0 Å². The first-order chi connectivity index (χ1) is 16.6. The predicted molar refractivity (Wildman–Crippen MR) is 143 cm³/mol. The first-order valence-electron chi connectivity index (χ1n) is 12.8. The predicted octanol–water partition coefficient (Wildman–Crippen LogP) is 8.38. The van der Waals surface area contributed by atoms with Crippen LogP contribution in [0.5, 0.6) is 0 Å². The van der Waals surface area contributed by atoms with E-state index in [1.807, 2.05) is 18.2 Å². The van der Waals surface area contributed by atoms with Crippen LogP contribution in [0.1, 0.15) is 94.7 Å². The molecule has 0 spiro atoms. The van der Waals surface area contributed by atoms with E-state index in [1.54, 1.807) is 12.1 Å². The third-order valence-electron chi connectivity index (χ3n) is 6.13. The van der Waals surface area contributed by atoms with Crippen LogP contribution in [-0.4, -0.2) is 18.0 Å². The minimum atomic E-state index is -0.524. The summed E-state index contributed by atoms with van der Waals surface area (Å²) in [6, 6.07) is 15.1. The first kappa shape index (κ1) is 27.1. The van der Waals surface area contributed by atoms with Crippen LogP contribution < -0.4 is 4.90 Å². The number of nitrogens with zero attached hydrogens (tertiary/aromatic N) is 3. The van der Waals surface area contributed by atoms with E-state index in [1.165, 1.54) is 76.0 Å². The molecule has 0 bridgehead atoms. The molecular formula is C29H39N3O2. The molecule has 2 aromatic rings. The molecule has 0 aromatic heterocycles. The third kappa shape index (κ3) is 9.39. The fourth-order valence-corrected chi connectivity index (χ4v) is 4.08. The van der Waals surface area contributed by atoms with E-state index >= 15 is 0 Å². The van der Waals surface area contributed by atoms with Crippen molar-refractivity contribution in [1.82, 2.24) is 0 Å². The second kappa shape index (κ2) is 15.7. The van der Waals surface area contributed by atoms with E-state index in [0.717, 1.165) is 24.2 Å². The van der Waals surface area contributed by atoms with Gasteiger partial charge >= 0.3 is 0 Å². The van der Waals surface area contributed by atoms with Crippen molar-refractivity contribution in [1.29, 1.82) is 5.26 Å². The number of nitriles is 1. The zero-order valence-electron chi connectivity index (χ0n) is 20.8. The number of hydrogen-bond donors (Lipinski definition) is 0. The Morgan fingerprint density at radius 1 is 0.824 bits per heavy atom. The number of benzene rings is 2. The summed E-state index contributed by atoms with van der Waals surface area (Å²) in [4.78, 5) is 13.0. The Hall–Kier alpha value is -3.13. The van der Waals surface area contributed by atoms with Gasteiger partial charge in [-0.2, -0.15) is 5.26 Å². The molecular weight excluding hydrogens is 422 g/mol. The van der Waals surface area contributed by atoms with Gasteiger partial charge in [-0.15, -0.1) is 0 Å². The lowest BCUT2D eigenvalue weighted by Crippen LogP contribution is -2.25. The number of anilines is 1. The van der Waals surface area contributed by atoms with Gasteiger partial charge in [0.2, 0.25) is 0 Å². The highest BCUT2D eigenvalue weighted by Gasteiger charge is 2.12. The molecule has 0 fully saturated rings. The number of hydrogen-bond acceptors (Lipinski definition) is 4. The van der Waals surface area contributed by atoms with Gasteiger partial charge in [-0.25, -0.2) is 0 Å². The topological polar surface area (TPSA) is 70.2 Å². The van der Waals surface area contributed by atoms with Gasteiger partial charge in [-0.1, -0.05) is 89.5 Å². The van der Waals surface area contributed by atoms with Gasteiger partial charge in [0.25, 0.3) is 5.69 Å². The molecule has 0 unspecified atom stereocenters. The minimum absolute atomic E-state index is 0.0796. The SMILES string of the molecule is CCCCCCCN(CCCCCCC)c1ccc(C=Cc2ccc([N+](=O)[O-])c(C#N)c2)cc1. The van der Waals surface area contributed by atoms with Gasteiger partial charge in [-0.05, 0) is 48.2 Å². The van der Waals surface area contributed by atoms with Crippen LogP contribution in [0.3, 0.4) is 0 Å². The molecule has 0 heterocycles. The summed E-state index contributed by atoms with van der Waals surface area (Å²) in [6.07, 6.45) is 16.7. The highest BCUT2D eigenvalue weighted by molar-refractivity contribution is 5.72. The van der Waals surface area contributed by atoms with E-state index in [0.29, 0.717) is 0 Å². The quantitative estimate of drug-likeness (QED) is 0.109. The lowest BCUT2D eigenvalue weighted by molar-refractivity contribution is -0.385. The molecule has 0 saturated carbocycles. The lowest BCUT2D eigenvalue weighted by Gasteiger charge is -2.25. The zero-order valence-corrected chi connectivity index (χ0v) is 20.8. The van der Waals surface area contributed by atoms with Crippen molar-refractivity contribution < 1.29 is 4.92 Å². The summed E-state index contributed by atoms with van der Waals surface area (Å²) in [5, 5.41) is 20.2. The van der Waals surface area contributed by atoms with Crippen molar-refractivity contribution >= 4 is 23.5 Å². The Bertz CT molecular complexity index is 931. The molecule has 5 heteroatoms. The number of nitro groups is 1. The summed E-state index contributed by atoms with van der Waals surface area (Å²) in [5.74, 6) is 0. The normalized spacial score (nSPS) is 11.0. The largest absolute Gasteiger partial charge is 0.372 e. The van der Waals surface area contributed by atoms with Crippen LogP contribution in [0, 0.1) is 21.4 Å². The number of rotatable bonds is 16. The molecule has 0 aliphatic heterocycles. The van der Waals surface area contributed by atoms with Gasteiger partial charge in [0.15, 0.2) is 0 Å². The van der Waals surface area contributed by atoms with Crippen LogP contribution in [0.15, 0.2) is 42.5 Å². The second-order valence-electron chi connectivity index (χ2n) is 8.89. The molecule has 34 heavy (non-hydrogen) atoms. The number of unbranched alkanes of at least 4 members (excludes halogenated alkanes) is 8. The lowest BCUT2D eigenvalue weighted by atomic mass is 10.1. The van der Waals surface area contributed by atoms with Gasteiger partial charge < -0.3 is 4.90 Å². The van der Waals surface area contributed by atoms with E-state index < -0.39 is 4.92 Å². The molecule has 0 radical (unpaired) electrons. The van der Waals surface area contributed by atoms with Crippen molar-refractivity contribution in [2.24, 2.45) is 0 Å². The molecule has 0 aliphatic rings. The molecule has 0 amide bonds. The average molecular weight is 462 g/mol. The summed E-state index contributed by atoms with van der Waals surface area (Å²) in [6.45, 7) is 6.71. The Morgan fingerprint density at radius 3 is 1.88 bits per heavy atom. The standard InChI is InChI=1S/C29H39N3O2/c1-3-5-7-9-11-21-31(22-12-10-8-6-4-2)28-18-15-25(16-19-28)13-14-26-17-20-29(32(33)34)27(23-26)24-30/h13-20,23H,3-12,21-22H2,1-2H3. The van der Waals surface area contributed by atoms with Crippen LogP contribution in [0.4, 0.5) is 11.4 Å². The highest BCUT2D eigenvalue weighted by atomic mass is 16.6. The maximum atomic E-state index is 11.0. The zero-order chi connectivity index (χ0) is 24.6. The summed E-state index contributed by atoms with van der Waals surface area (Å²) in [5.41, 5.74) is 3.02. The molecule has 0 saturated heterocycles. The summed E-state index contributed by atoms with van der Waals surface area (Å²) in [7, 11) is 0. The molecule has 0 aliphatic carbocycles. The van der Waals surface area contributed by atoms with E-state index in [-0.39, 0.29) is 11.3 Å². The average Bonchev–Trinajstić information content (AvgIpc) is 2.86. The Morgan fingerprint density at radius 2 is 1.35 bits per heavy atom. The second-order valence-corrected chi connectivity index (χ2v) is 8.89. The van der Waals surface area contributed by atoms with E-state index in [4.69, 9.17) is 0 Å². The maximum Gasteiger partial charge on any atom is 0.287 e. The Labute approximate surface area is 205 Å². The van der Waals surface area contributed by atoms with Crippen LogP contribution in [-0.2, 0) is 0 Å². The van der Waals surface area contributed by atoms with Crippen molar-refractivity contribution in [3.8, 4) is 6.07 Å². The van der Waals surface area contributed by atoms with Crippen LogP contribution in [0.2, 0.25) is 0 Å². The van der Waals surface area contributed by atoms with Crippen LogP contribution in [0.25, 0.3) is 12.2 Å². The van der Waals surface area contributed by atoms with Gasteiger partial charge in [0.05, 0.1) is 4.92 Å². The first-order valence-corrected chi connectivity index (χ1v) is 12.8. The molecule has 182 valence electrons. The molecule has 0 N–H and O–H groups in total. The van der Waals surface area contributed by atoms with Crippen molar-refractivity contribution in [2.45, 2.75) is 78.1 Å². The van der Waals surface area contributed by atoms with Gasteiger partial charge in [0.1, 0.15) is 11.6 Å². The van der Waals surface area contributed by atoms with Crippen molar-refractivity contribution in [3.05, 3.63) is 69.3 Å². The maximum absolute atomic E-state index is 11.0. The van der Waals surface area contributed by atoms with Crippen molar-refractivity contribution in [3.63, 3.8) is 0 Å². The molecule has 2 aromatic carbocycles. The van der Waals surface area contributed by atoms with E-state index in [9.17, 15) is 15.4 Å². The smallest absolute Gasteiger partial charge is 0.287 e. The third-order valence-corrected chi connectivity index (χ3v) is 6.13. The van der Waals surface area contributed by atoms with Gasteiger partial charge in [-0.3, -0.25) is 10.1 Å². The van der Waals surface area contributed by atoms with E-state index in [2.05, 4.69) is 43.0 Å². The summed E-state index contributed by atoms with van der Waals surface area (Å²) >= 11 is 0. The molecule has 2 rings (SSSR count). The summed E-state index contributed by atoms with van der Waals surface area (Å²) < 4.78 is 0. The number of nitro benzene ring substituents is 1. The minimum Gasteiger partial charge on any atom is -0.372 e. The molecule has 0 atom stereocenters. The Balaban J connectivity index is 2.02.